The molecule has 25 heavy (non-hydrogen) atoms. The monoisotopic (exact) mass is 359 g/mol. The zero-order chi connectivity index (χ0) is 18.0. The molecule has 0 radical (unpaired) electrons. The highest BCUT2D eigenvalue weighted by Gasteiger charge is 2.28. The molecule has 3 rings (SSSR count). The quantitative estimate of drug-likeness (QED) is 0.842. The topological polar surface area (TPSA) is 71.7 Å². The van der Waals surface area contributed by atoms with E-state index in [4.69, 9.17) is 0 Å². The maximum atomic E-state index is 12.9. The second-order valence-electron chi connectivity index (χ2n) is 6.25. The molecule has 0 unspecified atom stereocenters. The van der Waals surface area contributed by atoms with Crippen LogP contribution < -0.4 is 9.79 Å². The second-order valence-corrected chi connectivity index (χ2v) is 8.26. The second kappa shape index (κ2) is 6.84. The fraction of sp³-hybridized carbons (Fsp3) is 0.333. The van der Waals surface area contributed by atoms with Gasteiger partial charge in [-0.1, -0.05) is 12.1 Å². The van der Waals surface area contributed by atoms with Crippen molar-refractivity contribution < 1.29 is 13.2 Å². The number of rotatable bonds is 3. The van der Waals surface area contributed by atoms with Crippen LogP contribution in [0.15, 0.2) is 53.7 Å². The molecule has 0 N–H and O–H groups in total. The number of nitrogens with zero attached hydrogens (tertiary/aromatic N) is 3. The minimum atomic E-state index is -3.27. The first-order valence-corrected chi connectivity index (χ1v) is 9.86. The normalized spacial score (nSPS) is 17.2. The Morgan fingerprint density at radius 1 is 1.16 bits per heavy atom. The fourth-order valence-corrected chi connectivity index (χ4v) is 4.39. The summed E-state index contributed by atoms with van der Waals surface area (Å²) in [6.45, 7) is 4.34. The van der Waals surface area contributed by atoms with Crippen LogP contribution >= 0.6 is 0 Å². The molecule has 0 aliphatic carbocycles. The first kappa shape index (κ1) is 17.4. The van der Waals surface area contributed by atoms with Gasteiger partial charge in [-0.25, -0.2) is 8.42 Å². The summed E-state index contributed by atoms with van der Waals surface area (Å²) in [4.78, 5) is 17.4. The number of aromatic nitrogens is 1. The number of sulfonamides is 1. The third-order valence-corrected chi connectivity index (χ3v) is 5.80. The van der Waals surface area contributed by atoms with Crippen LogP contribution in [0, 0.1) is 0 Å². The zero-order valence-electron chi connectivity index (χ0n) is 14.3. The predicted molar refractivity (Wildman–Crippen MR) is 97.1 cm³/mol. The van der Waals surface area contributed by atoms with E-state index in [9.17, 15) is 13.2 Å². The zero-order valence-corrected chi connectivity index (χ0v) is 15.1. The molecule has 2 aromatic rings. The van der Waals surface area contributed by atoms with Gasteiger partial charge in [0, 0.05) is 24.3 Å². The van der Waals surface area contributed by atoms with E-state index in [0.717, 1.165) is 0 Å². The number of benzene rings is 1. The fourth-order valence-electron chi connectivity index (χ4n) is 2.84. The third-order valence-electron chi connectivity index (χ3n) is 3.93. The Morgan fingerprint density at radius 2 is 1.96 bits per heavy atom. The average molecular weight is 359 g/mol. The average Bonchev–Trinajstić information content (AvgIpc) is 2.93. The highest BCUT2D eigenvalue weighted by atomic mass is 32.2. The van der Waals surface area contributed by atoms with Gasteiger partial charge in [-0.3, -0.25) is 18.7 Å². The Bertz CT molecular complexity index is 961. The van der Waals surface area contributed by atoms with Gasteiger partial charge in [0.15, 0.2) is 0 Å². The maximum Gasteiger partial charge on any atom is 0.263 e. The van der Waals surface area contributed by atoms with Crippen LogP contribution in [0.4, 0.5) is 5.69 Å². The minimum Gasteiger partial charge on any atom is -0.270 e. The van der Waals surface area contributed by atoms with Gasteiger partial charge in [-0.15, -0.1) is 0 Å². The first-order valence-electron chi connectivity index (χ1n) is 8.25. The summed E-state index contributed by atoms with van der Waals surface area (Å²) >= 11 is 0. The molecule has 1 aromatic heterocycles. The largest absolute Gasteiger partial charge is 0.270 e. The molecule has 7 heteroatoms. The van der Waals surface area contributed by atoms with Crippen LogP contribution in [0.5, 0.6) is 0 Å². The summed E-state index contributed by atoms with van der Waals surface area (Å²) < 4.78 is 27.1. The van der Waals surface area contributed by atoms with Gasteiger partial charge in [-0.05, 0) is 50.6 Å². The van der Waals surface area contributed by atoms with Crippen molar-refractivity contribution in [1.29, 1.82) is 0 Å². The third kappa shape index (κ3) is 3.66. The van der Waals surface area contributed by atoms with E-state index in [1.165, 1.54) is 8.87 Å². The van der Waals surface area contributed by atoms with Crippen LogP contribution in [0.1, 0.15) is 30.6 Å². The molecule has 1 fully saturated rings. The van der Waals surface area contributed by atoms with Crippen molar-refractivity contribution in [2.45, 2.75) is 26.3 Å². The number of hydrogen-bond donors (Lipinski definition) is 0. The Labute approximate surface area is 147 Å². The lowest BCUT2D eigenvalue weighted by Gasteiger charge is -2.17. The summed E-state index contributed by atoms with van der Waals surface area (Å²) in [6.07, 6.45) is 2.27. The summed E-state index contributed by atoms with van der Waals surface area (Å²) in [6, 6.07) is 12.2. The van der Waals surface area contributed by atoms with Crippen molar-refractivity contribution in [3.05, 3.63) is 59.7 Å². The molecule has 0 atom stereocenters. The predicted octanol–water partition coefficient (Wildman–Crippen LogP) is 2.03. The van der Waals surface area contributed by atoms with Gasteiger partial charge >= 0.3 is 0 Å². The van der Waals surface area contributed by atoms with Crippen molar-refractivity contribution in [2.24, 2.45) is 4.99 Å². The number of hydrogen-bond acceptors (Lipinski definition) is 4. The van der Waals surface area contributed by atoms with Crippen molar-refractivity contribution in [1.82, 2.24) is 4.57 Å². The molecule has 0 spiro atoms. The number of carbonyl (C=O) groups is 1. The van der Waals surface area contributed by atoms with E-state index >= 15 is 0 Å². The number of pyridine rings is 1. The van der Waals surface area contributed by atoms with Gasteiger partial charge in [0.05, 0.1) is 11.4 Å². The standard InChI is InChI=1S/C18H21N3O3S/c1-14(2)19-17-9-3-4-10-20(17)18(22)15-7-5-8-16(13-15)21-11-6-12-25(21,23)24/h3-5,7-10,13-14H,6,11-12H2,1-2H3. The van der Waals surface area contributed by atoms with Crippen molar-refractivity contribution in [3.63, 3.8) is 0 Å². The lowest BCUT2D eigenvalue weighted by atomic mass is 10.2. The van der Waals surface area contributed by atoms with E-state index in [0.29, 0.717) is 29.7 Å². The Kier molecular flexibility index (Phi) is 4.76. The van der Waals surface area contributed by atoms with Gasteiger partial charge in [0.25, 0.3) is 5.91 Å². The first-order chi connectivity index (χ1) is 11.9. The van der Waals surface area contributed by atoms with E-state index in [2.05, 4.69) is 4.99 Å². The smallest absolute Gasteiger partial charge is 0.263 e. The molecule has 1 aliphatic heterocycles. The van der Waals surface area contributed by atoms with Crippen molar-refractivity contribution in [2.75, 3.05) is 16.6 Å². The van der Waals surface area contributed by atoms with Crippen molar-refractivity contribution in [3.8, 4) is 0 Å². The molecule has 0 bridgehead atoms. The molecule has 1 aromatic carbocycles. The lowest BCUT2D eigenvalue weighted by molar-refractivity contribution is 0.0954. The SMILES string of the molecule is CC(C)N=c1ccccn1C(=O)c1cccc(N2CCCS2(=O)=O)c1. The molecule has 0 saturated carbocycles. The van der Waals surface area contributed by atoms with E-state index < -0.39 is 10.0 Å². The molecular formula is C18H21N3O3S. The molecular weight excluding hydrogens is 338 g/mol. The van der Waals surface area contributed by atoms with E-state index in [-0.39, 0.29) is 17.7 Å². The maximum absolute atomic E-state index is 12.9. The van der Waals surface area contributed by atoms with Crippen LogP contribution in [0.25, 0.3) is 0 Å². The summed E-state index contributed by atoms with van der Waals surface area (Å²) in [5.41, 5.74) is 1.53. The van der Waals surface area contributed by atoms with Crippen LogP contribution in [0.3, 0.4) is 0 Å². The Morgan fingerprint density at radius 3 is 2.64 bits per heavy atom. The lowest BCUT2D eigenvalue weighted by Crippen LogP contribution is -2.29. The minimum absolute atomic E-state index is 0.0579. The highest BCUT2D eigenvalue weighted by Crippen LogP contribution is 2.24. The summed E-state index contributed by atoms with van der Waals surface area (Å²) in [5.74, 6) is -0.0887. The van der Waals surface area contributed by atoms with Crippen LogP contribution in [-0.4, -0.2) is 37.2 Å². The van der Waals surface area contributed by atoms with Crippen LogP contribution in [0.2, 0.25) is 0 Å². The van der Waals surface area contributed by atoms with Crippen molar-refractivity contribution >= 4 is 21.6 Å². The Balaban J connectivity index is 2.02. The van der Waals surface area contributed by atoms with Gasteiger partial charge in [0.2, 0.25) is 10.0 Å². The molecule has 2 heterocycles. The number of anilines is 1. The number of carbonyl (C=O) groups excluding carboxylic acids is 1. The summed E-state index contributed by atoms with van der Waals surface area (Å²) in [5, 5.41) is 0. The molecule has 132 valence electrons. The van der Waals surface area contributed by atoms with E-state index in [1.54, 1.807) is 42.6 Å². The van der Waals surface area contributed by atoms with E-state index in [1.807, 2.05) is 19.9 Å². The summed E-state index contributed by atoms with van der Waals surface area (Å²) in [7, 11) is -3.27. The van der Waals surface area contributed by atoms with Crippen LogP contribution in [-0.2, 0) is 10.0 Å². The molecule has 1 aliphatic rings. The van der Waals surface area contributed by atoms with Gasteiger partial charge < -0.3 is 0 Å². The van der Waals surface area contributed by atoms with Gasteiger partial charge in [0.1, 0.15) is 5.49 Å². The molecule has 6 nitrogen and oxygen atoms in total. The molecule has 0 amide bonds. The Hall–Kier alpha value is -2.41. The highest BCUT2D eigenvalue weighted by molar-refractivity contribution is 7.93. The van der Waals surface area contributed by atoms with Gasteiger partial charge in [-0.2, -0.15) is 0 Å². The molecule has 1 saturated heterocycles.